The maximum atomic E-state index is 12.1. The normalized spacial score (nSPS) is 28.3. The van der Waals surface area contributed by atoms with Crippen LogP contribution < -0.4 is 0 Å². The number of hydrogen-bond acceptors (Lipinski definition) is 5. The van der Waals surface area contributed by atoms with Crippen molar-refractivity contribution < 1.29 is 4.79 Å². The van der Waals surface area contributed by atoms with Crippen molar-refractivity contribution in [2.75, 3.05) is 26.2 Å². The van der Waals surface area contributed by atoms with E-state index in [1.54, 1.807) is 11.3 Å². The molecule has 1 aromatic heterocycles. The molecule has 110 valence electrons. The predicted octanol–water partition coefficient (Wildman–Crippen LogP) is 2.50. The molecule has 0 spiro atoms. The van der Waals surface area contributed by atoms with Gasteiger partial charge in [-0.25, -0.2) is 0 Å². The van der Waals surface area contributed by atoms with Crippen LogP contribution in [0, 0.1) is 0 Å². The number of fused-ring (bicyclic) bond motifs is 1. The van der Waals surface area contributed by atoms with E-state index in [-0.39, 0.29) is 5.91 Å². The van der Waals surface area contributed by atoms with Gasteiger partial charge in [0.2, 0.25) is 0 Å². The first kappa shape index (κ1) is 13.5. The van der Waals surface area contributed by atoms with Crippen LogP contribution in [0.2, 0.25) is 0 Å². The number of piperazine rings is 1. The second-order valence-corrected chi connectivity index (χ2v) is 7.59. The third-order valence-electron chi connectivity index (χ3n) is 4.28. The number of hydrogen-bond donors (Lipinski definition) is 0. The molecule has 2 fully saturated rings. The van der Waals surface area contributed by atoms with Gasteiger partial charge < -0.3 is 4.90 Å². The van der Waals surface area contributed by atoms with Crippen LogP contribution in [0.4, 0.5) is 0 Å². The van der Waals surface area contributed by atoms with Gasteiger partial charge in [0.05, 0.1) is 4.91 Å². The van der Waals surface area contributed by atoms with Crippen molar-refractivity contribution in [1.29, 1.82) is 0 Å². The quantitative estimate of drug-likeness (QED) is 0.745. The van der Waals surface area contributed by atoms with Crippen LogP contribution in [0.3, 0.4) is 0 Å². The SMILES string of the molecule is O=C1N=C(N2CCN3CCCC3C2)S/C1=C\c1cccs1. The number of amidine groups is 1. The number of thioether (sulfide) groups is 1. The highest BCUT2D eigenvalue weighted by molar-refractivity contribution is 8.18. The van der Waals surface area contributed by atoms with Crippen LogP contribution in [0.15, 0.2) is 27.4 Å². The highest BCUT2D eigenvalue weighted by Gasteiger charge is 2.34. The monoisotopic (exact) mass is 319 g/mol. The van der Waals surface area contributed by atoms with E-state index in [0.717, 1.165) is 34.6 Å². The zero-order chi connectivity index (χ0) is 14.2. The van der Waals surface area contributed by atoms with E-state index in [2.05, 4.69) is 14.8 Å². The van der Waals surface area contributed by atoms with Crippen molar-refractivity contribution in [1.82, 2.24) is 9.80 Å². The molecule has 0 N–H and O–H groups in total. The fraction of sp³-hybridized carbons (Fsp3) is 0.467. The Balaban J connectivity index is 1.47. The lowest BCUT2D eigenvalue weighted by Crippen LogP contribution is -2.51. The molecule has 3 aliphatic heterocycles. The van der Waals surface area contributed by atoms with Gasteiger partial charge in [-0.3, -0.25) is 9.69 Å². The summed E-state index contributed by atoms with van der Waals surface area (Å²) in [6.07, 6.45) is 4.54. The summed E-state index contributed by atoms with van der Waals surface area (Å²) in [6.45, 7) is 4.34. The van der Waals surface area contributed by atoms with E-state index in [4.69, 9.17) is 0 Å². The Morgan fingerprint density at radius 3 is 3.14 bits per heavy atom. The minimum atomic E-state index is -0.0859. The average Bonchev–Trinajstić information content (AvgIpc) is 3.20. The summed E-state index contributed by atoms with van der Waals surface area (Å²) in [5.41, 5.74) is 0. The molecule has 3 aliphatic rings. The van der Waals surface area contributed by atoms with Gasteiger partial charge in [0.1, 0.15) is 0 Å². The first-order valence-electron chi connectivity index (χ1n) is 7.35. The zero-order valence-corrected chi connectivity index (χ0v) is 13.3. The molecule has 1 unspecified atom stereocenters. The molecule has 1 aromatic rings. The summed E-state index contributed by atoms with van der Waals surface area (Å²) in [4.78, 5) is 23.1. The lowest BCUT2D eigenvalue weighted by Gasteiger charge is -2.38. The van der Waals surface area contributed by atoms with Gasteiger partial charge in [-0.05, 0) is 48.7 Å². The summed E-state index contributed by atoms with van der Waals surface area (Å²) in [7, 11) is 0. The van der Waals surface area contributed by atoms with Crippen LogP contribution in [0.5, 0.6) is 0 Å². The lowest BCUT2D eigenvalue weighted by molar-refractivity contribution is -0.113. The fourth-order valence-electron chi connectivity index (χ4n) is 3.20. The largest absolute Gasteiger partial charge is 0.348 e. The number of rotatable bonds is 1. The van der Waals surface area contributed by atoms with Crippen molar-refractivity contribution in [3.63, 3.8) is 0 Å². The Kier molecular flexibility index (Phi) is 3.61. The molecule has 4 nitrogen and oxygen atoms in total. The number of aliphatic imine (C=N–C) groups is 1. The molecule has 0 radical (unpaired) electrons. The standard InChI is InChI=1S/C15H17N3OS2/c19-14-13(9-12-4-2-8-20-12)21-15(16-14)18-7-6-17-5-1-3-11(17)10-18/h2,4,8-9,11H,1,3,5-7,10H2/b13-9-. The summed E-state index contributed by atoms with van der Waals surface area (Å²) in [6, 6.07) is 4.69. The van der Waals surface area contributed by atoms with Crippen molar-refractivity contribution >= 4 is 40.2 Å². The molecule has 1 amide bonds. The molecular weight excluding hydrogens is 302 g/mol. The van der Waals surface area contributed by atoms with Gasteiger partial charge >= 0.3 is 0 Å². The Bertz CT molecular complexity index is 608. The lowest BCUT2D eigenvalue weighted by atomic mass is 10.2. The van der Waals surface area contributed by atoms with Crippen LogP contribution in [0.25, 0.3) is 6.08 Å². The molecule has 1 atom stereocenters. The highest BCUT2D eigenvalue weighted by atomic mass is 32.2. The third-order valence-corrected chi connectivity index (χ3v) is 6.15. The van der Waals surface area contributed by atoms with Crippen molar-refractivity contribution in [3.8, 4) is 0 Å². The van der Waals surface area contributed by atoms with Gasteiger partial charge in [0.25, 0.3) is 5.91 Å². The molecule has 0 aliphatic carbocycles. The molecule has 0 saturated carbocycles. The number of thiophene rings is 1. The number of carbonyl (C=O) groups excluding carboxylic acids is 1. The highest BCUT2D eigenvalue weighted by Crippen LogP contribution is 2.33. The van der Waals surface area contributed by atoms with Crippen LogP contribution in [0.1, 0.15) is 17.7 Å². The average molecular weight is 319 g/mol. The van der Waals surface area contributed by atoms with E-state index < -0.39 is 0 Å². The minimum Gasteiger partial charge on any atom is -0.348 e. The van der Waals surface area contributed by atoms with Crippen LogP contribution in [-0.2, 0) is 4.79 Å². The van der Waals surface area contributed by atoms with Gasteiger partial charge in [-0.2, -0.15) is 4.99 Å². The third kappa shape index (κ3) is 2.67. The number of nitrogens with zero attached hydrogens (tertiary/aromatic N) is 3. The molecule has 4 heterocycles. The van der Waals surface area contributed by atoms with E-state index in [0.29, 0.717) is 6.04 Å². The number of amides is 1. The van der Waals surface area contributed by atoms with E-state index in [1.807, 2.05) is 23.6 Å². The molecular formula is C15H17N3OS2. The first-order chi connectivity index (χ1) is 10.3. The van der Waals surface area contributed by atoms with Crippen molar-refractivity contribution in [2.24, 2.45) is 4.99 Å². The minimum absolute atomic E-state index is 0.0859. The van der Waals surface area contributed by atoms with Crippen LogP contribution in [-0.4, -0.2) is 53.1 Å². The Labute approximate surface area is 132 Å². The molecule has 21 heavy (non-hydrogen) atoms. The Morgan fingerprint density at radius 1 is 1.33 bits per heavy atom. The molecule has 2 saturated heterocycles. The van der Waals surface area contributed by atoms with E-state index >= 15 is 0 Å². The second kappa shape index (κ2) is 5.59. The first-order valence-corrected chi connectivity index (χ1v) is 9.04. The topological polar surface area (TPSA) is 35.9 Å². The van der Waals surface area contributed by atoms with Crippen molar-refractivity contribution in [3.05, 3.63) is 27.3 Å². The molecule has 4 rings (SSSR count). The maximum Gasteiger partial charge on any atom is 0.286 e. The molecule has 0 aromatic carbocycles. The summed E-state index contributed by atoms with van der Waals surface area (Å²) in [5, 5.41) is 2.92. The summed E-state index contributed by atoms with van der Waals surface area (Å²) >= 11 is 3.18. The van der Waals surface area contributed by atoms with Gasteiger partial charge in [-0.1, -0.05) is 6.07 Å². The number of carbonyl (C=O) groups is 1. The van der Waals surface area contributed by atoms with Crippen LogP contribution >= 0.6 is 23.1 Å². The second-order valence-electron chi connectivity index (χ2n) is 5.60. The fourth-order valence-corrected chi connectivity index (χ4v) is 4.87. The summed E-state index contributed by atoms with van der Waals surface area (Å²) in [5.74, 6) is -0.0859. The van der Waals surface area contributed by atoms with Crippen molar-refractivity contribution in [2.45, 2.75) is 18.9 Å². The Hall–Kier alpha value is -1.11. The zero-order valence-electron chi connectivity index (χ0n) is 11.7. The molecule has 0 bridgehead atoms. The summed E-state index contributed by atoms with van der Waals surface area (Å²) < 4.78 is 0. The molecule has 6 heteroatoms. The maximum absolute atomic E-state index is 12.1. The van der Waals surface area contributed by atoms with E-state index in [9.17, 15) is 4.79 Å². The predicted molar refractivity (Wildman–Crippen MR) is 88.5 cm³/mol. The Morgan fingerprint density at radius 2 is 2.29 bits per heavy atom. The van der Waals surface area contributed by atoms with E-state index in [1.165, 1.54) is 31.1 Å². The smallest absolute Gasteiger partial charge is 0.286 e. The van der Waals surface area contributed by atoms with Gasteiger partial charge in [-0.15, -0.1) is 11.3 Å². The van der Waals surface area contributed by atoms with Gasteiger partial charge in [0, 0.05) is 30.6 Å². The van der Waals surface area contributed by atoms with Gasteiger partial charge in [0.15, 0.2) is 5.17 Å².